The van der Waals surface area contributed by atoms with Crippen LogP contribution < -0.4 is 22.5 Å². The monoisotopic (exact) mass is 1770 g/mol. The van der Waals surface area contributed by atoms with Crippen molar-refractivity contribution < 1.29 is 103 Å². The van der Waals surface area contributed by atoms with Crippen LogP contribution in [0.4, 0.5) is 62.8 Å². The lowest BCUT2D eigenvalue weighted by Gasteiger charge is -2.41. The highest BCUT2D eigenvalue weighted by Gasteiger charge is 2.47. The van der Waals surface area contributed by atoms with Gasteiger partial charge >= 0.3 is 6.18 Å². The Morgan fingerprint density at radius 3 is 1.08 bits per heavy atom. The van der Waals surface area contributed by atoms with Crippen LogP contribution in [0.1, 0.15) is 126 Å². The number of alkyl halides is 3. The Hall–Kier alpha value is -6.89. The number of hydrogen-bond acceptors (Lipinski definition) is 19. The highest BCUT2D eigenvalue weighted by molar-refractivity contribution is 7.80. The molecule has 0 saturated carbocycles. The van der Waals surface area contributed by atoms with E-state index in [9.17, 15) is 103 Å². The number of anilines is 1. The Labute approximate surface area is 689 Å². The minimum absolute atomic E-state index is 0.0634. The SMILES string of the molecule is CC(=O)Nc1ccc(S(=O)[O-])cc1.N[C@H](Cc1cc(F)c(F)cc1F)C1C[C@H]2CC[C@@H](C1)N2C(=O)CCS.N[C@H](Cc1cc(F)c(F)cc1F)C1C[C@H]2CC[C@@H](C1)N2C(=O)CCS.N[C@H](Cc1cc(F)c(F)cc1F)C1C[C@H]2CC[C@@H](C1)N2C(=O)CCS.O=S([O-])c1ccc(F)cc1.O=S([O-])c1nc(-c2cccs2)cc(C(F)(F)F)n1. The molecule has 19 nitrogen and oxygen atoms in total. The number of nitrogens with one attached hydrogen (secondary N) is 1. The zero-order valence-corrected chi connectivity index (χ0v) is 68.1. The Morgan fingerprint density at radius 1 is 0.483 bits per heavy atom. The molecule has 6 aliphatic heterocycles. The molecular formula is C77H85F13N9O10S7-3. The van der Waals surface area contributed by atoms with E-state index in [0.717, 1.165) is 125 Å². The van der Waals surface area contributed by atoms with E-state index in [-0.39, 0.29) is 147 Å². The second-order valence-electron chi connectivity index (χ2n) is 28.6. The lowest BCUT2D eigenvalue weighted by atomic mass is 9.82. The fourth-order valence-corrected chi connectivity index (χ4v) is 17.9. The Kier molecular flexibility index (Phi) is 35.8. The van der Waals surface area contributed by atoms with Crippen LogP contribution in [0.2, 0.25) is 0 Å². The van der Waals surface area contributed by atoms with E-state index < -0.39 is 108 Å². The van der Waals surface area contributed by atoms with Crippen LogP contribution >= 0.6 is 49.2 Å². The summed E-state index contributed by atoms with van der Waals surface area (Å²) in [5.74, 6) is -7.21. The lowest BCUT2D eigenvalue weighted by Crippen LogP contribution is -2.50. The number of thiol groups is 3. The molecule has 6 bridgehead atoms. The van der Waals surface area contributed by atoms with Gasteiger partial charge in [-0.3, -0.25) is 31.8 Å². The van der Waals surface area contributed by atoms with Crippen molar-refractivity contribution in [1.29, 1.82) is 0 Å². The fourth-order valence-electron chi connectivity index (χ4n) is 15.6. The van der Waals surface area contributed by atoms with E-state index in [1.807, 2.05) is 14.7 Å². The zero-order valence-electron chi connectivity index (χ0n) is 62.1. The molecule has 15 atom stereocenters. The van der Waals surface area contributed by atoms with Gasteiger partial charge in [0.2, 0.25) is 28.8 Å². The van der Waals surface area contributed by atoms with Crippen molar-refractivity contribution in [2.75, 3.05) is 22.6 Å². The number of carbonyl (C=O) groups excluding carboxylic acids is 4. The maximum atomic E-state index is 13.9. The van der Waals surface area contributed by atoms with Crippen molar-refractivity contribution in [3.8, 4) is 10.6 Å². The third-order valence-corrected chi connectivity index (χ3v) is 24.3. The molecule has 6 fully saturated rings. The molecule has 634 valence electrons. The summed E-state index contributed by atoms with van der Waals surface area (Å²) in [7, 11) is 0. The van der Waals surface area contributed by atoms with Crippen molar-refractivity contribution in [3.05, 3.63) is 189 Å². The molecule has 13 rings (SSSR count). The maximum absolute atomic E-state index is 13.9. The van der Waals surface area contributed by atoms with Gasteiger partial charge in [-0.05, 0) is 254 Å². The number of aromatic nitrogens is 2. The first kappa shape index (κ1) is 94.6. The first-order valence-corrected chi connectivity index (χ1v) is 42.7. The summed E-state index contributed by atoms with van der Waals surface area (Å²) in [4.78, 5) is 60.6. The van der Waals surface area contributed by atoms with Crippen molar-refractivity contribution in [2.24, 2.45) is 35.0 Å². The highest BCUT2D eigenvalue weighted by atomic mass is 32.2. The minimum atomic E-state index is -4.72. The van der Waals surface area contributed by atoms with Gasteiger partial charge in [-0.1, -0.05) is 6.07 Å². The Balaban J connectivity index is 0.000000178. The predicted octanol–water partition coefficient (Wildman–Crippen LogP) is 13.6. The van der Waals surface area contributed by atoms with Gasteiger partial charge in [0.25, 0.3) is 0 Å². The molecule has 5 aromatic carbocycles. The molecule has 2 aromatic heterocycles. The lowest BCUT2D eigenvalue weighted by molar-refractivity contribution is -0.141. The summed E-state index contributed by atoms with van der Waals surface area (Å²) in [5.41, 5.74) is 18.4. The molecule has 39 heteroatoms. The van der Waals surface area contributed by atoms with Crippen molar-refractivity contribution in [3.63, 3.8) is 0 Å². The average molecular weight is 1770 g/mol. The molecule has 0 spiro atoms. The minimum Gasteiger partial charge on any atom is -0.768 e. The van der Waals surface area contributed by atoms with Crippen molar-refractivity contribution in [1.82, 2.24) is 24.7 Å². The van der Waals surface area contributed by atoms with Crippen LogP contribution in [-0.2, 0) is 77.9 Å². The first-order valence-electron chi connectivity index (χ1n) is 36.7. The molecular weight excluding hydrogens is 1680 g/mol. The molecule has 116 heavy (non-hydrogen) atoms. The van der Waals surface area contributed by atoms with Crippen LogP contribution in [0.5, 0.6) is 0 Å². The van der Waals surface area contributed by atoms with Gasteiger partial charge < -0.3 is 50.9 Å². The maximum Gasteiger partial charge on any atom is 0.433 e. The van der Waals surface area contributed by atoms with Gasteiger partial charge in [0, 0.05) is 125 Å². The molecule has 6 unspecified atom stereocenters. The number of thiophene rings is 1. The van der Waals surface area contributed by atoms with E-state index >= 15 is 0 Å². The van der Waals surface area contributed by atoms with Gasteiger partial charge in [-0.25, -0.2) is 53.9 Å². The molecule has 7 aromatic rings. The normalized spacial score (nSPS) is 21.9. The van der Waals surface area contributed by atoms with Crippen molar-refractivity contribution in [2.45, 2.75) is 198 Å². The number of halogens is 13. The smallest absolute Gasteiger partial charge is 0.433 e. The molecule has 0 radical (unpaired) electrons. The van der Waals surface area contributed by atoms with Crippen LogP contribution in [0.15, 0.2) is 123 Å². The topological polar surface area (TPSA) is 314 Å². The second kappa shape index (κ2) is 43.9. The largest absolute Gasteiger partial charge is 0.768 e. The predicted molar refractivity (Wildman–Crippen MR) is 418 cm³/mol. The van der Waals surface area contributed by atoms with Crippen LogP contribution in [0.25, 0.3) is 10.6 Å². The number of hydrogen-bond donors (Lipinski definition) is 7. The fraction of sp³-hybridized carbons (Fsp3) is 0.455. The van der Waals surface area contributed by atoms with E-state index in [0.29, 0.717) is 65.3 Å². The van der Waals surface area contributed by atoms with Gasteiger partial charge in [0.05, 0.1) is 10.6 Å². The summed E-state index contributed by atoms with van der Waals surface area (Å²) < 4.78 is 233. The Bertz CT molecular complexity index is 4270. The van der Waals surface area contributed by atoms with Crippen LogP contribution in [0.3, 0.4) is 0 Å². The molecule has 6 saturated heterocycles. The van der Waals surface area contributed by atoms with Gasteiger partial charge in [-0.2, -0.15) is 51.1 Å². The number of piperidine rings is 3. The van der Waals surface area contributed by atoms with Crippen LogP contribution in [0, 0.1) is 75.9 Å². The number of rotatable bonds is 20. The summed E-state index contributed by atoms with van der Waals surface area (Å²) in [5, 5.41) is 3.31. The number of nitrogens with two attached hydrogens (primary N) is 3. The van der Waals surface area contributed by atoms with E-state index in [4.69, 9.17) is 17.2 Å². The highest BCUT2D eigenvalue weighted by Crippen LogP contribution is 2.44. The number of fused-ring (bicyclic) bond motifs is 6. The third-order valence-electron chi connectivity index (χ3n) is 20.9. The average Bonchev–Trinajstić information content (AvgIpc) is 1.63. The van der Waals surface area contributed by atoms with Crippen molar-refractivity contribution >= 4 is 112 Å². The molecule has 4 amide bonds. The Morgan fingerprint density at radius 2 is 0.802 bits per heavy atom. The van der Waals surface area contributed by atoms with Crippen LogP contribution in [-0.4, -0.2) is 146 Å². The van der Waals surface area contributed by atoms with E-state index in [1.54, 1.807) is 17.5 Å². The van der Waals surface area contributed by atoms with Gasteiger partial charge in [0.1, 0.15) is 29.0 Å². The summed E-state index contributed by atoms with van der Waals surface area (Å²) in [6, 6.07) is 18.9. The number of nitrogens with zero attached hydrogens (tertiary/aromatic N) is 5. The summed E-state index contributed by atoms with van der Waals surface area (Å²) in [6.45, 7) is 1.39. The first-order chi connectivity index (χ1) is 54.9. The zero-order chi connectivity index (χ0) is 85.2. The molecule has 7 N–H and O–H groups in total. The number of benzene rings is 5. The molecule has 0 aliphatic carbocycles. The second-order valence-corrected chi connectivity index (χ2v) is 33.6. The van der Waals surface area contributed by atoms with Gasteiger partial charge in [0.15, 0.2) is 34.9 Å². The van der Waals surface area contributed by atoms with E-state index in [1.165, 1.54) is 43.3 Å². The quantitative estimate of drug-likeness (QED) is 0.0123. The number of carbonyl (C=O) groups is 4. The van der Waals surface area contributed by atoms with E-state index in [2.05, 4.69) is 53.2 Å². The summed E-state index contributed by atoms with van der Waals surface area (Å²) >= 11 is 6.17. The standard InChI is InChI=1S/3C18H23F3N2OS.C9H5F3N2O2S2.C8H9NO3S.C6H5FO2S/c3*19-14-9-16(21)15(20)7-10(14)8-17(22)11-5-12-1-2-13(6-11)23(12)18(24)3-4-25;10-9(11,12)7-4-5(6-2-1-3-17-6)13-8(14-7)18(15)16;1-6(10)9-7-2-4-8(5-3-7)13(11)12;7-5-1-3-6(4-2-5)10(8)9/h3*7,9,11-13,17,25H,1-6,8,22H2;1-4H,(H,15,16);2-5H,1H3,(H,9,10)(H,11,12);1-4H,(H,8,9)/p-3/t3*11?,12-,13+,17-;;;/m111.../s1. The molecule has 8 heterocycles. The molecule has 6 aliphatic rings. The number of amides is 4. The third kappa shape index (κ3) is 26.3. The summed E-state index contributed by atoms with van der Waals surface area (Å²) in [6.07, 6.45) is 7.54. The van der Waals surface area contributed by atoms with Gasteiger partial charge in [-0.15, -0.1) is 11.3 Å².